The lowest BCUT2D eigenvalue weighted by molar-refractivity contribution is -0.159. The Morgan fingerprint density at radius 2 is 1.38 bits per heavy atom. The van der Waals surface area contributed by atoms with E-state index in [2.05, 4.69) is 0 Å². The number of halogens is 6. The first-order valence-electron chi connectivity index (χ1n) is 5.01. The molecule has 16 heavy (non-hydrogen) atoms. The summed E-state index contributed by atoms with van der Waals surface area (Å²) in [6.45, 7) is -0.827. The van der Waals surface area contributed by atoms with E-state index >= 15 is 0 Å². The van der Waals surface area contributed by atoms with Gasteiger partial charge in [0.1, 0.15) is 0 Å². The molecule has 0 unspecified atom stereocenters. The van der Waals surface area contributed by atoms with Crippen LogP contribution in [0.3, 0.4) is 0 Å². The Bertz CT molecular complexity index is 189. The summed E-state index contributed by atoms with van der Waals surface area (Å²) < 4.78 is 72.0. The van der Waals surface area contributed by atoms with Crippen LogP contribution in [0.5, 0.6) is 0 Å². The van der Waals surface area contributed by atoms with Crippen molar-refractivity contribution < 1.29 is 26.3 Å². The predicted octanol–water partition coefficient (Wildman–Crippen LogP) is 3.21. The molecular weight excluding hydrogens is 236 g/mol. The van der Waals surface area contributed by atoms with E-state index in [0.717, 1.165) is 4.90 Å². The molecule has 0 aromatic rings. The fraction of sp³-hybridized carbons (Fsp3) is 1.00. The van der Waals surface area contributed by atoms with Crippen LogP contribution in [-0.4, -0.2) is 36.9 Å². The van der Waals surface area contributed by atoms with Crippen molar-refractivity contribution in [3.8, 4) is 0 Å². The van der Waals surface area contributed by atoms with E-state index in [4.69, 9.17) is 0 Å². The van der Waals surface area contributed by atoms with Crippen LogP contribution in [0.25, 0.3) is 0 Å². The number of hydrogen-bond acceptors (Lipinski definition) is 1. The molecule has 0 aromatic heterocycles. The first kappa shape index (κ1) is 13.6. The molecule has 0 aromatic carbocycles. The first-order valence-corrected chi connectivity index (χ1v) is 5.01. The molecule has 0 N–H and O–H groups in total. The summed E-state index contributed by atoms with van der Waals surface area (Å²) in [6.07, 6.45) is -8.98. The molecule has 0 atom stereocenters. The van der Waals surface area contributed by atoms with Gasteiger partial charge >= 0.3 is 12.4 Å². The van der Waals surface area contributed by atoms with Crippen LogP contribution in [-0.2, 0) is 0 Å². The van der Waals surface area contributed by atoms with Crippen LogP contribution in [0.15, 0.2) is 0 Å². The summed E-state index contributed by atoms with van der Waals surface area (Å²) in [6, 6.07) is 0. The quantitative estimate of drug-likeness (QED) is 0.679. The van der Waals surface area contributed by atoms with Gasteiger partial charge in [0.2, 0.25) is 0 Å². The molecule has 0 bridgehead atoms. The minimum absolute atomic E-state index is 0.0975. The fourth-order valence-corrected chi connectivity index (χ4v) is 1.93. The summed E-state index contributed by atoms with van der Waals surface area (Å²) in [4.78, 5) is 1.16. The number of nitrogens with zero attached hydrogens (tertiary/aromatic N) is 1. The predicted molar refractivity (Wildman–Crippen MR) is 45.9 cm³/mol. The average Bonchev–Trinajstić information content (AvgIpc) is 2.03. The van der Waals surface area contributed by atoms with Crippen LogP contribution in [0.1, 0.15) is 19.3 Å². The molecule has 0 spiro atoms. The molecule has 1 nitrogen and oxygen atoms in total. The second-order valence-electron chi connectivity index (χ2n) is 4.15. The Hall–Kier alpha value is -0.460. The third-order valence-electron chi connectivity index (χ3n) is 2.63. The van der Waals surface area contributed by atoms with E-state index in [9.17, 15) is 26.3 Å². The third-order valence-corrected chi connectivity index (χ3v) is 2.63. The molecule has 1 fully saturated rings. The maximum Gasteiger partial charge on any atom is 0.401 e. The Kier molecular flexibility index (Phi) is 4.09. The zero-order chi connectivity index (χ0) is 12.4. The Balaban J connectivity index is 2.29. The van der Waals surface area contributed by atoms with E-state index in [0.29, 0.717) is 0 Å². The van der Waals surface area contributed by atoms with Crippen LogP contribution < -0.4 is 0 Å². The molecule has 0 saturated carbocycles. The van der Waals surface area contributed by atoms with Gasteiger partial charge in [-0.3, -0.25) is 4.90 Å². The highest BCUT2D eigenvalue weighted by molar-refractivity contribution is 4.75. The molecule has 0 aliphatic carbocycles. The highest BCUT2D eigenvalue weighted by Crippen LogP contribution is 2.31. The summed E-state index contributed by atoms with van der Waals surface area (Å²) >= 11 is 0. The molecule has 0 radical (unpaired) electrons. The Morgan fingerprint density at radius 3 is 1.75 bits per heavy atom. The second kappa shape index (κ2) is 4.81. The SMILES string of the molecule is FC(F)(F)CC1CCN(CC(F)(F)F)CC1. The van der Waals surface area contributed by atoms with Crippen LogP contribution in [0, 0.1) is 5.92 Å². The molecule has 1 aliphatic heterocycles. The average molecular weight is 249 g/mol. The zero-order valence-corrected chi connectivity index (χ0v) is 8.53. The smallest absolute Gasteiger partial charge is 0.295 e. The van der Waals surface area contributed by atoms with Crippen molar-refractivity contribution in [1.29, 1.82) is 0 Å². The molecular formula is C9H13F6N. The van der Waals surface area contributed by atoms with Crippen LogP contribution in [0.4, 0.5) is 26.3 Å². The lowest BCUT2D eigenvalue weighted by atomic mass is 9.93. The number of likely N-dealkylation sites (tertiary alicyclic amines) is 1. The van der Waals surface area contributed by atoms with E-state index < -0.39 is 31.2 Å². The van der Waals surface area contributed by atoms with Gasteiger partial charge in [-0.15, -0.1) is 0 Å². The summed E-state index contributed by atoms with van der Waals surface area (Å²) in [5.74, 6) is -0.524. The van der Waals surface area contributed by atoms with Crippen molar-refractivity contribution in [2.75, 3.05) is 19.6 Å². The number of piperidine rings is 1. The van der Waals surface area contributed by atoms with Crippen molar-refractivity contribution in [1.82, 2.24) is 4.90 Å². The maximum absolute atomic E-state index is 12.0. The monoisotopic (exact) mass is 249 g/mol. The lowest BCUT2D eigenvalue weighted by Crippen LogP contribution is -2.40. The Labute approximate surface area is 89.4 Å². The first-order chi connectivity index (χ1) is 7.16. The van der Waals surface area contributed by atoms with Gasteiger partial charge in [0.05, 0.1) is 6.54 Å². The van der Waals surface area contributed by atoms with Gasteiger partial charge in [-0.2, -0.15) is 26.3 Å². The number of hydrogen-bond donors (Lipinski definition) is 0. The van der Waals surface area contributed by atoms with E-state index in [-0.39, 0.29) is 25.9 Å². The lowest BCUT2D eigenvalue weighted by Gasteiger charge is -2.32. The van der Waals surface area contributed by atoms with Crippen molar-refractivity contribution in [2.45, 2.75) is 31.6 Å². The van der Waals surface area contributed by atoms with Crippen molar-refractivity contribution >= 4 is 0 Å². The van der Waals surface area contributed by atoms with Gasteiger partial charge in [0, 0.05) is 6.42 Å². The van der Waals surface area contributed by atoms with Crippen molar-refractivity contribution in [3.63, 3.8) is 0 Å². The summed E-state index contributed by atoms with van der Waals surface area (Å²) in [5, 5.41) is 0. The molecule has 1 heterocycles. The maximum atomic E-state index is 12.0. The van der Waals surface area contributed by atoms with E-state index in [1.54, 1.807) is 0 Å². The molecule has 7 heteroatoms. The van der Waals surface area contributed by atoms with Gasteiger partial charge in [-0.25, -0.2) is 0 Å². The molecule has 1 rings (SSSR count). The molecule has 1 saturated heterocycles. The number of rotatable bonds is 2. The van der Waals surface area contributed by atoms with Gasteiger partial charge in [-0.1, -0.05) is 0 Å². The van der Waals surface area contributed by atoms with Gasteiger partial charge < -0.3 is 0 Å². The molecule has 1 aliphatic rings. The van der Waals surface area contributed by atoms with Gasteiger partial charge in [0.25, 0.3) is 0 Å². The minimum Gasteiger partial charge on any atom is -0.295 e. The summed E-state index contributed by atoms with van der Waals surface area (Å²) in [7, 11) is 0. The van der Waals surface area contributed by atoms with E-state index in [1.807, 2.05) is 0 Å². The van der Waals surface area contributed by atoms with Gasteiger partial charge in [-0.05, 0) is 31.8 Å². The highest BCUT2D eigenvalue weighted by atomic mass is 19.4. The van der Waals surface area contributed by atoms with E-state index in [1.165, 1.54) is 0 Å². The third kappa shape index (κ3) is 5.58. The zero-order valence-electron chi connectivity index (χ0n) is 8.53. The minimum atomic E-state index is -4.27. The second-order valence-corrected chi connectivity index (χ2v) is 4.15. The Morgan fingerprint density at radius 1 is 0.875 bits per heavy atom. The topological polar surface area (TPSA) is 3.24 Å². The normalized spacial score (nSPS) is 21.4. The van der Waals surface area contributed by atoms with Crippen molar-refractivity contribution in [3.05, 3.63) is 0 Å². The fourth-order valence-electron chi connectivity index (χ4n) is 1.93. The largest absolute Gasteiger partial charge is 0.401 e. The van der Waals surface area contributed by atoms with Crippen LogP contribution in [0.2, 0.25) is 0 Å². The molecule has 96 valence electrons. The standard InChI is InChI=1S/C9H13F6N/c10-8(11,12)5-7-1-3-16(4-2-7)6-9(13,14)15/h7H,1-6H2. The highest BCUT2D eigenvalue weighted by Gasteiger charge is 2.36. The van der Waals surface area contributed by atoms with Crippen molar-refractivity contribution in [2.24, 2.45) is 5.92 Å². The number of alkyl halides is 6. The van der Waals surface area contributed by atoms with Gasteiger partial charge in [0.15, 0.2) is 0 Å². The summed E-state index contributed by atoms with van der Waals surface area (Å²) in [5.41, 5.74) is 0. The van der Waals surface area contributed by atoms with Crippen LogP contribution >= 0.6 is 0 Å². The molecule has 0 amide bonds.